The van der Waals surface area contributed by atoms with Crippen LogP contribution in [-0.4, -0.2) is 28.0 Å². The summed E-state index contributed by atoms with van der Waals surface area (Å²) in [5.74, 6) is -0.998. The van der Waals surface area contributed by atoms with E-state index in [1.54, 1.807) is 24.7 Å². The fourth-order valence-corrected chi connectivity index (χ4v) is 1.80. The lowest BCUT2D eigenvalue weighted by molar-refractivity contribution is 0.0688. The number of rotatable bonds is 5. The molecule has 0 unspecified atom stereocenters. The standard InChI is InChI=1S/C13H14N2O3/c1-15(7-10-4-6-18-9-10)8-11-3-2-5-14-12(11)13(16)17/h2-6,9H,7-8H2,1H3,(H,16,17). The molecule has 0 aliphatic carbocycles. The van der Waals surface area contributed by atoms with Gasteiger partial charge in [-0.1, -0.05) is 6.07 Å². The largest absolute Gasteiger partial charge is 0.477 e. The fourth-order valence-electron chi connectivity index (χ4n) is 1.80. The van der Waals surface area contributed by atoms with E-state index in [0.29, 0.717) is 18.7 Å². The molecule has 5 heteroatoms. The van der Waals surface area contributed by atoms with Gasteiger partial charge in [-0.2, -0.15) is 0 Å². The predicted molar refractivity (Wildman–Crippen MR) is 65.1 cm³/mol. The maximum Gasteiger partial charge on any atom is 0.354 e. The highest BCUT2D eigenvalue weighted by Gasteiger charge is 2.12. The number of carboxylic acids is 1. The number of pyridine rings is 1. The van der Waals surface area contributed by atoms with Gasteiger partial charge in [0.05, 0.1) is 12.5 Å². The Morgan fingerprint density at radius 2 is 2.28 bits per heavy atom. The van der Waals surface area contributed by atoms with Crippen LogP contribution in [0.3, 0.4) is 0 Å². The summed E-state index contributed by atoms with van der Waals surface area (Å²) in [6.45, 7) is 1.23. The third kappa shape index (κ3) is 2.95. The molecule has 2 aromatic rings. The molecule has 2 heterocycles. The van der Waals surface area contributed by atoms with Gasteiger partial charge in [0.15, 0.2) is 5.69 Å². The average molecular weight is 246 g/mol. The number of furan rings is 1. The van der Waals surface area contributed by atoms with Crippen molar-refractivity contribution < 1.29 is 14.3 Å². The topological polar surface area (TPSA) is 66.6 Å². The maximum atomic E-state index is 11.0. The molecule has 0 aliphatic heterocycles. The van der Waals surface area contributed by atoms with E-state index in [1.807, 2.05) is 18.0 Å². The van der Waals surface area contributed by atoms with Crippen molar-refractivity contribution in [2.24, 2.45) is 0 Å². The van der Waals surface area contributed by atoms with E-state index in [9.17, 15) is 4.79 Å². The summed E-state index contributed by atoms with van der Waals surface area (Å²) in [5.41, 5.74) is 1.87. The first kappa shape index (κ1) is 12.3. The lowest BCUT2D eigenvalue weighted by Crippen LogP contribution is -2.19. The molecule has 0 aliphatic rings. The van der Waals surface area contributed by atoms with Crippen LogP contribution in [0.4, 0.5) is 0 Å². The molecule has 2 rings (SSSR count). The van der Waals surface area contributed by atoms with E-state index in [-0.39, 0.29) is 5.69 Å². The lowest BCUT2D eigenvalue weighted by atomic mass is 10.1. The van der Waals surface area contributed by atoms with Crippen LogP contribution >= 0.6 is 0 Å². The van der Waals surface area contributed by atoms with Crippen LogP contribution in [-0.2, 0) is 13.1 Å². The van der Waals surface area contributed by atoms with Crippen LogP contribution in [0.25, 0.3) is 0 Å². The number of aromatic carboxylic acids is 1. The summed E-state index contributed by atoms with van der Waals surface area (Å²) in [6.07, 6.45) is 4.79. The second-order valence-electron chi connectivity index (χ2n) is 4.12. The summed E-state index contributed by atoms with van der Waals surface area (Å²) >= 11 is 0. The third-order valence-electron chi connectivity index (χ3n) is 2.57. The number of hydrogen-bond acceptors (Lipinski definition) is 4. The molecule has 1 N–H and O–H groups in total. The number of nitrogens with zero attached hydrogens (tertiary/aromatic N) is 2. The summed E-state index contributed by atoms with van der Waals surface area (Å²) in [7, 11) is 1.92. The van der Waals surface area contributed by atoms with Crippen molar-refractivity contribution in [2.75, 3.05) is 7.05 Å². The van der Waals surface area contributed by atoms with E-state index in [0.717, 1.165) is 5.56 Å². The van der Waals surface area contributed by atoms with E-state index in [2.05, 4.69) is 4.98 Å². The highest BCUT2D eigenvalue weighted by atomic mass is 16.4. The maximum absolute atomic E-state index is 11.0. The molecule has 0 bridgehead atoms. The monoisotopic (exact) mass is 246 g/mol. The van der Waals surface area contributed by atoms with Crippen LogP contribution in [0, 0.1) is 0 Å². The third-order valence-corrected chi connectivity index (χ3v) is 2.57. The molecular formula is C13H14N2O3. The van der Waals surface area contributed by atoms with Gasteiger partial charge >= 0.3 is 5.97 Å². The first-order chi connectivity index (χ1) is 8.66. The number of carbonyl (C=O) groups is 1. The zero-order valence-electron chi connectivity index (χ0n) is 10.0. The summed E-state index contributed by atoms with van der Waals surface area (Å²) in [6, 6.07) is 5.41. The molecule has 2 aromatic heterocycles. The summed E-state index contributed by atoms with van der Waals surface area (Å²) in [5, 5.41) is 9.04. The number of hydrogen-bond donors (Lipinski definition) is 1. The van der Waals surface area contributed by atoms with Gasteiger partial charge in [0.25, 0.3) is 0 Å². The van der Waals surface area contributed by atoms with Crippen LogP contribution in [0.5, 0.6) is 0 Å². The van der Waals surface area contributed by atoms with Gasteiger partial charge in [-0.3, -0.25) is 4.90 Å². The molecule has 0 spiro atoms. The van der Waals surface area contributed by atoms with Gasteiger partial charge in [-0.25, -0.2) is 9.78 Å². The highest BCUT2D eigenvalue weighted by Crippen LogP contribution is 2.11. The van der Waals surface area contributed by atoms with Gasteiger partial charge in [0.2, 0.25) is 0 Å². The quantitative estimate of drug-likeness (QED) is 0.874. The predicted octanol–water partition coefficient (Wildman–Crippen LogP) is 2.00. The SMILES string of the molecule is CN(Cc1ccoc1)Cc1cccnc1C(=O)O. The zero-order chi connectivity index (χ0) is 13.0. The molecule has 0 aromatic carbocycles. The average Bonchev–Trinajstić information content (AvgIpc) is 2.82. The van der Waals surface area contributed by atoms with Crippen LogP contribution < -0.4 is 0 Å². The summed E-state index contributed by atoms with van der Waals surface area (Å²) in [4.78, 5) is 16.9. The highest BCUT2D eigenvalue weighted by molar-refractivity contribution is 5.86. The molecule has 0 atom stereocenters. The van der Waals surface area contributed by atoms with E-state index < -0.39 is 5.97 Å². The van der Waals surface area contributed by atoms with Gasteiger partial charge < -0.3 is 9.52 Å². The number of aromatic nitrogens is 1. The smallest absolute Gasteiger partial charge is 0.354 e. The molecule has 0 saturated heterocycles. The van der Waals surface area contributed by atoms with Crippen molar-refractivity contribution in [3.8, 4) is 0 Å². The van der Waals surface area contributed by atoms with E-state index >= 15 is 0 Å². The molecular weight excluding hydrogens is 232 g/mol. The van der Waals surface area contributed by atoms with Crippen molar-refractivity contribution in [3.63, 3.8) is 0 Å². The van der Waals surface area contributed by atoms with Crippen LogP contribution in [0.1, 0.15) is 21.6 Å². The first-order valence-corrected chi connectivity index (χ1v) is 5.53. The molecule has 0 amide bonds. The Labute approximate surface area is 105 Å². The van der Waals surface area contributed by atoms with Gasteiger partial charge in [-0.05, 0) is 24.7 Å². The Morgan fingerprint density at radius 3 is 2.94 bits per heavy atom. The molecule has 0 fully saturated rings. The van der Waals surface area contributed by atoms with Crippen molar-refractivity contribution in [3.05, 3.63) is 53.7 Å². The van der Waals surface area contributed by atoms with Crippen LogP contribution in [0.2, 0.25) is 0 Å². The van der Waals surface area contributed by atoms with Crippen molar-refractivity contribution in [1.29, 1.82) is 0 Å². The Bertz CT molecular complexity index is 523. The van der Waals surface area contributed by atoms with Crippen molar-refractivity contribution in [1.82, 2.24) is 9.88 Å². The molecule has 18 heavy (non-hydrogen) atoms. The van der Waals surface area contributed by atoms with Crippen LogP contribution in [0.15, 0.2) is 41.3 Å². The molecule has 0 saturated carbocycles. The fraction of sp³-hybridized carbons (Fsp3) is 0.231. The van der Waals surface area contributed by atoms with Crippen molar-refractivity contribution in [2.45, 2.75) is 13.1 Å². The van der Waals surface area contributed by atoms with E-state index in [1.165, 1.54) is 6.20 Å². The van der Waals surface area contributed by atoms with Gasteiger partial charge in [0, 0.05) is 24.8 Å². The molecule has 5 nitrogen and oxygen atoms in total. The molecule has 0 radical (unpaired) electrons. The minimum atomic E-state index is -0.998. The Balaban J connectivity index is 2.07. The second-order valence-corrected chi connectivity index (χ2v) is 4.12. The van der Waals surface area contributed by atoms with Gasteiger partial charge in [0.1, 0.15) is 0 Å². The lowest BCUT2D eigenvalue weighted by Gasteiger charge is -2.16. The minimum Gasteiger partial charge on any atom is -0.477 e. The molecule has 94 valence electrons. The van der Waals surface area contributed by atoms with Gasteiger partial charge in [-0.15, -0.1) is 0 Å². The Kier molecular flexibility index (Phi) is 3.74. The normalized spacial score (nSPS) is 10.8. The zero-order valence-corrected chi connectivity index (χ0v) is 10.0. The second kappa shape index (κ2) is 5.46. The van der Waals surface area contributed by atoms with Crippen molar-refractivity contribution >= 4 is 5.97 Å². The Morgan fingerprint density at radius 1 is 1.44 bits per heavy atom. The summed E-state index contributed by atoms with van der Waals surface area (Å²) < 4.78 is 4.99. The Hall–Kier alpha value is -2.14. The van der Waals surface area contributed by atoms with E-state index in [4.69, 9.17) is 9.52 Å². The minimum absolute atomic E-state index is 0.108. The first-order valence-electron chi connectivity index (χ1n) is 5.53. The number of carboxylic acid groups (broad SMARTS) is 1.